The number of allylic oxidation sites excluding steroid dienone is 3. The molecule has 2 nitrogen and oxygen atoms in total. The molecule has 0 unspecified atom stereocenters. The highest BCUT2D eigenvalue weighted by Gasteiger charge is 2.00. The summed E-state index contributed by atoms with van der Waals surface area (Å²) in [5, 5.41) is 0. The van der Waals surface area contributed by atoms with Gasteiger partial charge in [0.25, 0.3) is 0 Å². The summed E-state index contributed by atoms with van der Waals surface area (Å²) >= 11 is 0. The van der Waals surface area contributed by atoms with Crippen molar-refractivity contribution < 1.29 is 4.74 Å². The van der Waals surface area contributed by atoms with Crippen molar-refractivity contribution in [2.45, 2.75) is 20.3 Å². The number of rotatable bonds is 7. The number of likely N-dealkylation sites (N-methyl/N-ethyl adjacent to an activating group) is 1. The van der Waals surface area contributed by atoms with Gasteiger partial charge in [0.15, 0.2) is 0 Å². The third-order valence-electron chi connectivity index (χ3n) is 2.49. The molecule has 0 atom stereocenters. The molecule has 0 aromatic rings. The molecule has 2 heteroatoms. The van der Waals surface area contributed by atoms with Crippen LogP contribution in [0.25, 0.3) is 0 Å². The van der Waals surface area contributed by atoms with E-state index in [1.165, 1.54) is 5.57 Å². The summed E-state index contributed by atoms with van der Waals surface area (Å²) in [6, 6.07) is 0. The largest absolute Gasteiger partial charge is 0.383 e. The molecule has 0 aliphatic heterocycles. The second kappa shape index (κ2) is 7.30. The zero-order valence-electron chi connectivity index (χ0n) is 10.5. The summed E-state index contributed by atoms with van der Waals surface area (Å²) in [5.41, 5.74) is 3.36. The maximum Gasteiger partial charge on any atom is 0.0637 e. The number of hydrogen-bond donors (Lipinski definition) is 0. The van der Waals surface area contributed by atoms with E-state index in [1.807, 2.05) is 7.05 Å². The Morgan fingerprint density at radius 3 is 2.47 bits per heavy atom. The van der Waals surface area contributed by atoms with Gasteiger partial charge in [-0.1, -0.05) is 25.7 Å². The van der Waals surface area contributed by atoms with Gasteiger partial charge >= 0.3 is 0 Å². The van der Waals surface area contributed by atoms with Gasteiger partial charge in [-0.3, -0.25) is 0 Å². The summed E-state index contributed by atoms with van der Waals surface area (Å²) in [6.45, 7) is 13.8. The summed E-state index contributed by atoms with van der Waals surface area (Å²) in [6.07, 6.45) is 3.05. The molecule has 0 heterocycles. The molecule has 0 aliphatic carbocycles. The van der Waals surface area contributed by atoms with E-state index in [4.69, 9.17) is 4.74 Å². The van der Waals surface area contributed by atoms with E-state index in [1.54, 1.807) is 7.11 Å². The molecule has 0 N–H and O–H groups in total. The monoisotopic (exact) mass is 209 g/mol. The smallest absolute Gasteiger partial charge is 0.0637 e. The van der Waals surface area contributed by atoms with Gasteiger partial charge in [0.05, 0.1) is 6.61 Å². The predicted octanol–water partition coefficient (Wildman–Crippen LogP) is 2.99. The number of hydrogen-bond acceptors (Lipinski definition) is 2. The fraction of sp³-hybridized carbons (Fsp3) is 0.538. The molecular formula is C13H23NO. The zero-order valence-corrected chi connectivity index (χ0v) is 10.5. The van der Waals surface area contributed by atoms with Crippen LogP contribution in [0.5, 0.6) is 0 Å². The first kappa shape index (κ1) is 14.0. The van der Waals surface area contributed by atoms with Crippen molar-refractivity contribution in [2.24, 2.45) is 0 Å². The fourth-order valence-electron chi connectivity index (χ4n) is 1.11. The zero-order chi connectivity index (χ0) is 11.8. The molecule has 0 radical (unpaired) electrons. The van der Waals surface area contributed by atoms with Crippen molar-refractivity contribution in [2.75, 3.05) is 27.3 Å². The van der Waals surface area contributed by atoms with E-state index in [0.29, 0.717) is 0 Å². The molecule has 0 saturated carbocycles. The molecule has 0 rings (SSSR count). The molecule has 15 heavy (non-hydrogen) atoms. The average molecular weight is 209 g/mol. The van der Waals surface area contributed by atoms with Crippen LogP contribution in [0.15, 0.2) is 36.1 Å². The van der Waals surface area contributed by atoms with Gasteiger partial charge in [-0.15, -0.1) is 0 Å². The highest BCUT2D eigenvalue weighted by Crippen LogP contribution is 2.13. The molecule has 86 valence electrons. The Balaban J connectivity index is 4.27. The Bertz CT molecular complexity index is 253. The Hall–Kier alpha value is -1.02. The van der Waals surface area contributed by atoms with Gasteiger partial charge < -0.3 is 9.64 Å². The molecule has 0 saturated heterocycles. The van der Waals surface area contributed by atoms with E-state index in [2.05, 4.69) is 38.0 Å². The standard InChI is InChI=1S/C13H23NO/c1-7-11(2)12(3)10-13(4)14(5)8-9-15-6/h10H,2,4,7-9H2,1,3,5-6H3/b12-10-. The normalized spacial score (nSPS) is 11.3. The first-order valence-electron chi connectivity index (χ1n) is 5.28. The van der Waals surface area contributed by atoms with Crippen molar-refractivity contribution in [3.63, 3.8) is 0 Å². The van der Waals surface area contributed by atoms with Crippen LogP contribution in [-0.4, -0.2) is 32.2 Å². The lowest BCUT2D eigenvalue weighted by Crippen LogP contribution is -2.20. The van der Waals surface area contributed by atoms with Crippen LogP contribution >= 0.6 is 0 Å². The van der Waals surface area contributed by atoms with Crippen LogP contribution < -0.4 is 0 Å². The van der Waals surface area contributed by atoms with Gasteiger partial charge in [0.1, 0.15) is 0 Å². The van der Waals surface area contributed by atoms with Crippen LogP contribution in [-0.2, 0) is 4.74 Å². The van der Waals surface area contributed by atoms with E-state index in [-0.39, 0.29) is 0 Å². The second-order valence-electron chi connectivity index (χ2n) is 3.69. The highest BCUT2D eigenvalue weighted by molar-refractivity contribution is 5.32. The van der Waals surface area contributed by atoms with Gasteiger partial charge in [0.2, 0.25) is 0 Å². The Labute approximate surface area is 93.9 Å². The van der Waals surface area contributed by atoms with Crippen LogP contribution in [0.3, 0.4) is 0 Å². The summed E-state index contributed by atoms with van der Waals surface area (Å²) in [5.74, 6) is 0. The third-order valence-corrected chi connectivity index (χ3v) is 2.49. The molecule has 0 aromatic heterocycles. The predicted molar refractivity (Wildman–Crippen MR) is 66.8 cm³/mol. The molecular weight excluding hydrogens is 186 g/mol. The van der Waals surface area contributed by atoms with Crippen molar-refractivity contribution in [3.8, 4) is 0 Å². The number of nitrogens with zero attached hydrogens (tertiary/aromatic N) is 1. The topological polar surface area (TPSA) is 12.5 Å². The fourth-order valence-corrected chi connectivity index (χ4v) is 1.11. The molecule has 0 aromatic carbocycles. The van der Waals surface area contributed by atoms with Crippen LogP contribution in [0, 0.1) is 0 Å². The maximum absolute atomic E-state index is 5.02. The molecule has 0 bridgehead atoms. The van der Waals surface area contributed by atoms with Crippen molar-refractivity contribution in [3.05, 3.63) is 36.1 Å². The van der Waals surface area contributed by atoms with E-state index < -0.39 is 0 Å². The second-order valence-corrected chi connectivity index (χ2v) is 3.69. The van der Waals surface area contributed by atoms with E-state index >= 15 is 0 Å². The van der Waals surface area contributed by atoms with Gasteiger partial charge in [-0.05, 0) is 25.0 Å². The molecule has 0 amide bonds. The van der Waals surface area contributed by atoms with Crippen LogP contribution in [0.2, 0.25) is 0 Å². The Morgan fingerprint density at radius 1 is 1.40 bits per heavy atom. The lowest BCUT2D eigenvalue weighted by atomic mass is 10.1. The van der Waals surface area contributed by atoms with Crippen molar-refractivity contribution >= 4 is 0 Å². The lowest BCUT2D eigenvalue weighted by Gasteiger charge is -2.19. The Morgan fingerprint density at radius 2 is 2.00 bits per heavy atom. The van der Waals surface area contributed by atoms with Gasteiger partial charge in [0, 0.05) is 26.4 Å². The SMILES string of the molecule is C=C(CC)/C(C)=C\C(=C)N(C)CCOC. The van der Waals surface area contributed by atoms with E-state index in [9.17, 15) is 0 Å². The molecule has 0 fully saturated rings. The van der Waals surface area contributed by atoms with Gasteiger partial charge in [-0.2, -0.15) is 0 Å². The first-order chi connectivity index (χ1) is 7.02. The summed E-state index contributed by atoms with van der Waals surface area (Å²) in [7, 11) is 3.72. The minimum atomic E-state index is 0.719. The quantitative estimate of drug-likeness (QED) is 0.598. The first-order valence-corrected chi connectivity index (χ1v) is 5.28. The number of methoxy groups -OCH3 is 1. The number of ether oxygens (including phenoxy) is 1. The lowest BCUT2D eigenvalue weighted by molar-refractivity contribution is 0.175. The highest BCUT2D eigenvalue weighted by atomic mass is 16.5. The minimum Gasteiger partial charge on any atom is -0.383 e. The van der Waals surface area contributed by atoms with Crippen LogP contribution in [0.1, 0.15) is 20.3 Å². The maximum atomic E-state index is 5.02. The van der Waals surface area contributed by atoms with Gasteiger partial charge in [-0.25, -0.2) is 0 Å². The average Bonchev–Trinajstić information content (AvgIpc) is 2.24. The summed E-state index contributed by atoms with van der Waals surface area (Å²) in [4.78, 5) is 2.08. The molecule has 0 aliphatic rings. The van der Waals surface area contributed by atoms with Crippen molar-refractivity contribution in [1.82, 2.24) is 4.90 Å². The third kappa shape index (κ3) is 5.43. The Kier molecular flexibility index (Phi) is 6.80. The van der Waals surface area contributed by atoms with E-state index in [0.717, 1.165) is 30.8 Å². The summed E-state index contributed by atoms with van der Waals surface area (Å²) < 4.78 is 5.02. The molecule has 0 spiro atoms. The van der Waals surface area contributed by atoms with Crippen molar-refractivity contribution in [1.29, 1.82) is 0 Å². The van der Waals surface area contributed by atoms with Crippen LogP contribution in [0.4, 0.5) is 0 Å². The minimum absolute atomic E-state index is 0.719.